The van der Waals surface area contributed by atoms with Crippen LogP contribution in [0.15, 0.2) is 64.6 Å². The third-order valence-electron chi connectivity index (χ3n) is 5.05. The summed E-state index contributed by atoms with van der Waals surface area (Å²) in [7, 11) is -4.25. The van der Waals surface area contributed by atoms with E-state index in [0.717, 1.165) is 18.2 Å². The minimum Gasteiger partial charge on any atom is -0.378 e. The van der Waals surface area contributed by atoms with E-state index in [4.69, 9.17) is 10.5 Å². The van der Waals surface area contributed by atoms with Crippen LogP contribution in [0.2, 0.25) is 0 Å². The van der Waals surface area contributed by atoms with E-state index in [2.05, 4.69) is 9.97 Å². The molecule has 0 bridgehead atoms. The van der Waals surface area contributed by atoms with Crippen LogP contribution in [0.5, 0.6) is 0 Å². The van der Waals surface area contributed by atoms with Gasteiger partial charge in [-0.25, -0.2) is 18.4 Å². The largest absolute Gasteiger partial charge is 0.416 e. The molecule has 11 heteroatoms. The number of benzene rings is 2. The van der Waals surface area contributed by atoms with E-state index in [0.29, 0.717) is 49.2 Å². The highest BCUT2D eigenvalue weighted by Gasteiger charge is 2.32. The van der Waals surface area contributed by atoms with Crippen LogP contribution >= 0.6 is 0 Å². The van der Waals surface area contributed by atoms with Crippen LogP contribution in [0.1, 0.15) is 5.56 Å². The number of nitrogen functional groups attached to an aromatic ring is 1. The molecule has 1 aromatic heterocycles. The smallest absolute Gasteiger partial charge is 0.378 e. The van der Waals surface area contributed by atoms with Crippen molar-refractivity contribution in [1.29, 1.82) is 0 Å². The Balaban J connectivity index is 1.85. The predicted molar refractivity (Wildman–Crippen MR) is 112 cm³/mol. The second-order valence-electron chi connectivity index (χ2n) is 7.17. The molecule has 3 aromatic rings. The highest BCUT2D eigenvalue weighted by molar-refractivity contribution is 7.91. The maximum Gasteiger partial charge on any atom is 0.416 e. The first-order valence-corrected chi connectivity index (χ1v) is 11.1. The molecule has 7 nitrogen and oxygen atoms in total. The molecule has 1 aliphatic heterocycles. The molecule has 0 unspecified atom stereocenters. The molecule has 1 fully saturated rings. The van der Waals surface area contributed by atoms with E-state index in [1.165, 1.54) is 24.5 Å². The van der Waals surface area contributed by atoms with Gasteiger partial charge in [0.1, 0.15) is 0 Å². The zero-order valence-corrected chi connectivity index (χ0v) is 17.5. The summed E-state index contributed by atoms with van der Waals surface area (Å²) in [5, 5.41) is 0. The number of hydrogen-bond donors (Lipinski definition) is 1. The Labute approximate surface area is 182 Å². The van der Waals surface area contributed by atoms with Gasteiger partial charge in [-0.3, -0.25) is 0 Å². The third kappa shape index (κ3) is 4.53. The zero-order valence-electron chi connectivity index (χ0n) is 16.7. The number of anilines is 2. The van der Waals surface area contributed by atoms with E-state index in [-0.39, 0.29) is 10.8 Å². The average Bonchev–Trinajstić information content (AvgIpc) is 2.79. The van der Waals surface area contributed by atoms with E-state index in [1.807, 2.05) is 4.90 Å². The predicted octanol–water partition coefficient (Wildman–Crippen LogP) is 3.41. The average molecular weight is 464 g/mol. The summed E-state index contributed by atoms with van der Waals surface area (Å²) in [4.78, 5) is 9.27. The fourth-order valence-electron chi connectivity index (χ4n) is 3.37. The summed E-state index contributed by atoms with van der Waals surface area (Å²) in [5.74, 6) is 0.0647. The van der Waals surface area contributed by atoms with Gasteiger partial charge >= 0.3 is 6.18 Å². The second kappa shape index (κ2) is 8.40. The molecule has 0 amide bonds. The van der Waals surface area contributed by atoms with Crippen LogP contribution < -0.4 is 10.6 Å². The number of nitrogens with zero attached hydrogens (tertiary/aromatic N) is 3. The maximum absolute atomic E-state index is 13.3. The van der Waals surface area contributed by atoms with Gasteiger partial charge in [-0.2, -0.15) is 13.2 Å². The van der Waals surface area contributed by atoms with Gasteiger partial charge in [-0.1, -0.05) is 6.07 Å². The molecule has 0 saturated carbocycles. The van der Waals surface area contributed by atoms with E-state index in [1.54, 1.807) is 6.07 Å². The monoisotopic (exact) mass is 464 g/mol. The first-order chi connectivity index (χ1) is 15.1. The van der Waals surface area contributed by atoms with Gasteiger partial charge in [0.25, 0.3) is 0 Å². The molecule has 0 atom stereocenters. The number of aromatic nitrogens is 2. The van der Waals surface area contributed by atoms with Gasteiger partial charge in [0.05, 0.1) is 28.6 Å². The molecule has 2 heterocycles. The minimum absolute atomic E-state index is 0.0647. The number of hydrogen-bond acceptors (Lipinski definition) is 7. The van der Waals surface area contributed by atoms with Gasteiger partial charge < -0.3 is 15.4 Å². The second-order valence-corrected chi connectivity index (χ2v) is 9.12. The standard InChI is InChI=1S/C21H19F3N4O3S/c22-21(23,24)16-2-1-3-18(10-16)32(29,30)19-9-14(15-12-26-20(25)27-13-15)8-17(11-19)28-4-6-31-7-5-28/h1-3,8-13H,4-7H2,(H2,25,26,27). The van der Waals surface area contributed by atoms with Crippen molar-refractivity contribution in [3.8, 4) is 11.1 Å². The quantitative estimate of drug-likeness (QED) is 0.632. The molecular weight excluding hydrogens is 445 g/mol. The molecule has 0 aliphatic carbocycles. The molecule has 0 radical (unpaired) electrons. The summed E-state index contributed by atoms with van der Waals surface area (Å²) >= 11 is 0. The molecule has 32 heavy (non-hydrogen) atoms. The molecule has 0 spiro atoms. The van der Waals surface area contributed by atoms with Crippen LogP contribution in [0, 0.1) is 0 Å². The van der Waals surface area contributed by atoms with Gasteiger partial charge in [0.2, 0.25) is 15.8 Å². The molecule has 1 aliphatic rings. The molecule has 1 saturated heterocycles. The molecule has 4 rings (SSSR count). The van der Waals surface area contributed by atoms with Crippen LogP contribution in [0.25, 0.3) is 11.1 Å². The molecule has 2 aromatic carbocycles. The lowest BCUT2D eigenvalue weighted by atomic mass is 10.1. The summed E-state index contributed by atoms with van der Waals surface area (Å²) in [5.41, 5.74) is 6.14. The topological polar surface area (TPSA) is 98.4 Å². The van der Waals surface area contributed by atoms with Gasteiger partial charge in [-0.15, -0.1) is 0 Å². The van der Waals surface area contributed by atoms with Crippen molar-refractivity contribution in [3.63, 3.8) is 0 Å². The molecule has 168 valence electrons. The number of ether oxygens (including phenoxy) is 1. The van der Waals surface area contributed by atoms with Crippen molar-refractivity contribution in [1.82, 2.24) is 9.97 Å². The summed E-state index contributed by atoms with van der Waals surface area (Å²) < 4.78 is 71.4. The summed E-state index contributed by atoms with van der Waals surface area (Å²) in [6.07, 6.45) is -1.74. The number of nitrogens with two attached hydrogens (primary N) is 1. The van der Waals surface area contributed by atoms with Crippen molar-refractivity contribution < 1.29 is 26.3 Å². The fraction of sp³-hybridized carbons (Fsp3) is 0.238. The Hall–Kier alpha value is -3.18. The van der Waals surface area contributed by atoms with Gasteiger partial charge in [0.15, 0.2) is 0 Å². The highest BCUT2D eigenvalue weighted by Crippen LogP contribution is 2.34. The lowest BCUT2D eigenvalue weighted by Gasteiger charge is -2.29. The first kappa shape index (κ1) is 22.0. The van der Waals surface area contributed by atoms with Crippen LogP contribution in [-0.2, 0) is 20.8 Å². The first-order valence-electron chi connectivity index (χ1n) is 9.62. The number of halogens is 3. The highest BCUT2D eigenvalue weighted by atomic mass is 32.2. The Bertz CT molecular complexity index is 1230. The normalized spacial score (nSPS) is 15.0. The van der Waals surface area contributed by atoms with Crippen LogP contribution in [0.3, 0.4) is 0 Å². The Kier molecular flexibility index (Phi) is 5.78. The zero-order chi connectivity index (χ0) is 22.9. The van der Waals surface area contributed by atoms with Crippen molar-refractivity contribution in [2.45, 2.75) is 16.0 Å². The number of sulfone groups is 1. The van der Waals surface area contributed by atoms with Gasteiger partial charge in [0, 0.05) is 36.7 Å². The Morgan fingerprint density at radius 2 is 1.62 bits per heavy atom. The van der Waals surface area contributed by atoms with Crippen molar-refractivity contribution in [3.05, 3.63) is 60.4 Å². The molecule has 2 N–H and O–H groups in total. The van der Waals surface area contributed by atoms with Crippen molar-refractivity contribution in [2.24, 2.45) is 0 Å². The van der Waals surface area contributed by atoms with E-state index < -0.39 is 26.5 Å². The van der Waals surface area contributed by atoms with Crippen LogP contribution in [0.4, 0.5) is 24.8 Å². The van der Waals surface area contributed by atoms with Crippen LogP contribution in [-0.4, -0.2) is 44.7 Å². The third-order valence-corrected chi connectivity index (χ3v) is 6.79. The van der Waals surface area contributed by atoms with Crippen molar-refractivity contribution >= 4 is 21.5 Å². The number of morpholine rings is 1. The maximum atomic E-state index is 13.3. The summed E-state index contributed by atoms with van der Waals surface area (Å²) in [6.45, 7) is 2.05. The fourth-order valence-corrected chi connectivity index (χ4v) is 4.74. The minimum atomic E-state index is -4.66. The number of rotatable bonds is 4. The SMILES string of the molecule is Nc1ncc(-c2cc(N3CCOCC3)cc(S(=O)(=O)c3cccc(C(F)(F)F)c3)c2)cn1. The molecular formula is C21H19F3N4O3S. The summed E-state index contributed by atoms with van der Waals surface area (Å²) in [6, 6.07) is 8.35. The van der Waals surface area contributed by atoms with E-state index in [9.17, 15) is 21.6 Å². The lowest BCUT2D eigenvalue weighted by molar-refractivity contribution is -0.137. The van der Waals surface area contributed by atoms with Gasteiger partial charge in [-0.05, 0) is 42.0 Å². The Morgan fingerprint density at radius 3 is 2.28 bits per heavy atom. The van der Waals surface area contributed by atoms with E-state index >= 15 is 0 Å². The van der Waals surface area contributed by atoms with Crippen molar-refractivity contribution in [2.75, 3.05) is 36.9 Å². The number of alkyl halides is 3. The Morgan fingerprint density at radius 1 is 0.938 bits per heavy atom. The lowest BCUT2D eigenvalue weighted by Crippen LogP contribution is -2.36.